The van der Waals surface area contributed by atoms with Gasteiger partial charge < -0.3 is 20.0 Å². The summed E-state index contributed by atoms with van der Waals surface area (Å²) >= 11 is 0. The van der Waals surface area contributed by atoms with E-state index in [1.54, 1.807) is 0 Å². The highest BCUT2D eigenvalue weighted by Crippen LogP contribution is 2.16. The molecule has 106 valence electrons. The van der Waals surface area contributed by atoms with Crippen LogP contribution in [0.25, 0.3) is 0 Å². The van der Waals surface area contributed by atoms with Gasteiger partial charge in [-0.1, -0.05) is 0 Å². The van der Waals surface area contributed by atoms with Crippen LogP contribution < -0.4 is 15.1 Å². The van der Waals surface area contributed by atoms with Gasteiger partial charge in [-0.3, -0.25) is 0 Å². The Morgan fingerprint density at radius 1 is 1.11 bits per heavy atom. The molecule has 1 aliphatic rings. The van der Waals surface area contributed by atoms with E-state index < -0.39 is 0 Å². The zero-order valence-electron chi connectivity index (χ0n) is 12.2. The minimum Gasteiger partial charge on any atom is -0.354 e. The topological polar surface area (TPSA) is 60.4 Å². The molecular formula is C12H23N7. The van der Waals surface area contributed by atoms with E-state index in [9.17, 15) is 0 Å². The molecule has 0 radical (unpaired) electrons. The Labute approximate surface area is 114 Å². The highest BCUT2D eigenvalue weighted by Gasteiger charge is 2.18. The highest BCUT2D eigenvalue weighted by molar-refractivity contribution is 5.44. The van der Waals surface area contributed by atoms with Crippen molar-refractivity contribution in [2.45, 2.75) is 6.92 Å². The van der Waals surface area contributed by atoms with E-state index in [2.05, 4.69) is 37.1 Å². The molecule has 0 bridgehead atoms. The van der Waals surface area contributed by atoms with Gasteiger partial charge in [-0.2, -0.15) is 15.0 Å². The predicted molar refractivity (Wildman–Crippen MR) is 78.0 cm³/mol. The molecule has 0 aromatic carbocycles. The first kappa shape index (κ1) is 13.8. The number of hydrogen-bond donors (Lipinski definition) is 1. The van der Waals surface area contributed by atoms with Crippen LogP contribution in [0, 0.1) is 0 Å². The Hall–Kier alpha value is -1.63. The second-order valence-electron chi connectivity index (χ2n) is 4.97. The summed E-state index contributed by atoms with van der Waals surface area (Å²) < 4.78 is 0. The summed E-state index contributed by atoms with van der Waals surface area (Å²) in [6.45, 7) is 6.84. The molecule has 1 saturated heterocycles. The van der Waals surface area contributed by atoms with E-state index in [0.717, 1.165) is 38.7 Å². The Morgan fingerprint density at radius 3 is 2.37 bits per heavy atom. The van der Waals surface area contributed by atoms with Crippen LogP contribution in [-0.2, 0) is 0 Å². The normalized spacial score (nSPS) is 16.5. The second-order valence-corrected chi connectivity index (χ2v) is 4.97. The predicted octanol–water partition coefficient (Wildman–Crippen LogP) is 0.121. The van der Waals surface area contributed by atoms with E-state index in [1.807, 2.05) is 25.9 Å². The van der Waals surface area contributed by atoms with Crippen molar-refractivity contribution in [1.29, 1.82) is 0 Å². The molecule has 2 rings (SSSR count). The standard InChI is InChI=1S/C12H23N7/c1-5-13-10-14-11(17(2)3)16-12(15-10)19-8-6-18(4)7-9-19/h5-9H2,1-4H3,(H,13,14,15,16). The third kappa shape index (κ3) is 3.44. The summed E-state index contributed by atoms with van der Waals surface area (Å²) in [5, 5.41) is 3.17. The number of rotatable bonds is 4. The highest BCUT2D eigenvalue weighted by atomic mass is 15.4. The molecule has 1 fully saturated rings. The van der Waals surface area contributed by atoms with Crippen LogP contribution in [0.4, 0.5) is 17.8 Å². The van der Waals surface area contributed by atoms with Crippen molar-refractivity contribution in [2.75, 3.05) is 69.0 Å². The number of likely N-dealkylation sites (N-methyl/N-ethyl adjacent to an activating group) is 1. The zero-order chi connectivity index (χ0) is 13.8. The van der Waals surface area contributed by atoms with Crippen LogP contribution in [0.1, 0.15) is 6.92 Å². The Kier molecular flexibility index (Phi) is 4.36. The quantitative estimate of drug-likeness (QED) is 0.829. The third-order valence-electron chi connectivity index (χ3n) is 3.13. The fourth-order valence-corrected chi connectivity index (χ4v) is 1.94. The van der Waals surface area contributed by atoms with Crippen molar-refractivity contribution in [1.82, 2.24) is 19.9 Å². The lowest BCUT2D eigenvalue weighted by Gasteiger charge is -2.32. The number of hydrogen-bond acceptors (Lipinski definition) is 7. The Morgan fingerprint density at radius 2 is 1.79 bits per heavy atom. The van der Waals surface area contributed by atoms with Gasteiger partial charge >= 0.3 is 0 Å². The summed E-state index contributed by atoms with van der Waals surface area (Å²) in [5.41, 5.74) is 0. The van der Waals surface area contributed by atoms with Crippen molar-refractivity contribution in [3.05, 3.63) is 0 Å². The van der Waals surface area contributed by atoms with Gasteiger partial charge in [-0.25, -0.2) is 0 Å². The van der Waals surface area contributed by atoms with Gasteiger partial charge in [0.1, 0.15) is 0 Å². The summed E-state index contributed by atoms with van der Waals surface area (Å²) in [7, 11) is 6.03. The molecular weight excluding hydrogens is 242 g/mol. The molecule has 7 nitrogen and oxygen atoms in total. The van der Waals surface area contributed by atoms with Gasteiger partial charge in [0.15, 0.2) is 0 Å². The maximum Gasteiger partial charge on any atom is 0.232 e. The van der Waals surface area contributed by atoms with E-state index in [1.165, 1.54) is 0 Å². The molecule has 19 heavy (non-hydrogen) atoms. The molecule has 0 spiro atoms. The molecule has 7 heteroatoms. The molecule has 0 aliphatic carbocycles. The van der Waals surface area contributed by atoms with Crippen molar-refractivity contribution in [2.24, 2.45) is 0 Å². The van der Waals surface area contributed by atoms with E-state index >= 15 is 0 Å². The summed E-state index contributed by atoms with van der Waals surface area (Å²) in [6, 6.07) is 0. The van der Waals surface area contributed by atoms with Crippen LogP contribution in [0.15, 0.2) is 0 Å². The molecule has 1 aliphatic heterocycles. The number of nitrogens with one attached hydrogen (secondary N) is 1. The fraction of sp³-hybridized carbons (Fsp3) is 0.750. The average molecular weight is 265 g/mol. The average Bonchev–Trinajstić information content (AvgIpc) is 2.39. The van der Waals surface area contributed by atoms with Gasteiger partial charge in [-0.15, -0.1) is 0 Å². The number of nitrogens with zero attached hydrogens (tertiary/aromatic N) is 6. The van der Waals surface area contributed by atoms with Crippen molar-refractivity contribution >= 4 is 17.8 Å². The Balaban J connectivity index is 2.23. The van der Waals surface area contributed by atoms with Gasteiger partial charge in [0, 0.05) is 46.8 Å². The number of anilines is 3. The second kappa shape index (κ2) is 6.01. The zero-order valence-corrected chi connectivity index (χ0v) is 12.2. The molecule has 1 aromatic rings. The number of aromatic nitrogens is 3. The maximum atomic E-state index is 4.53. The Bertz CT molecular complexity index is 413. The van der Waals surface area contributed by atoms with Gasteiger partial charge in [-0.05, 0) is 14.0 Å². The summed E-state index contributed by atoms with van der Waals surface area (Å²) in [5.74, 6) is 2.11. The maximum absolute atomic E-state index is 4.53. The van der Waals surface area contributed by atoms with Crippen LogP contribution in [0.3, 0.4) is 0 Å². The minimum absolute atomic E-state index is 0.648. The van der Waals surface area contributed by atoms with Crippen LogP contribution >= 0.6 is 0 Å². The lowest BCUT2D eigenvalue weighted by atomic mass is 10.3. The van der Waals surface area contributed by atoms with Crippen molar-refractivity contribution in [3.63, 3.8) is 0 Å². The largest absolute Gasteiger partial charge is 0.354 e. The lowest BCUT2D eigenvalue weighted by molar-refractivity contribution is 0.311. The van der Waals surface area contributed by atoms with Crippen LogP contribution in [0.5, 0.6) is 0 Å². The molecule has 1 aromatic heterocycles. The SMILES string of the molecule is CCNc1nc(N(C)C)nc(N2CCN(C)CC2)n1. The number of piperazine rings is 1. The van der Waals surface area contributed by atoms with Crippen molar-refractivity contribution in [3.8, 4) is 0 Å². The first-order valence-corrected chi connectivity index (χ1v) is 6.71. The molecule has 1 N–H and O–H groups in total. The first-order chi connectivity index (χ1) is 9.10. The van der Waals surface area contributed by atoms with Gasteiger partial charge in [0.05, 0.1) is 0 Å². The molecule has 0 saturated carbocycles. The summed E-state index contributed by atoms with van der Waals surface area (Å²) in [4.78, 5) is 19.9. The lowest BCUT2D eigenvalue weighted by Crippen LogP contribution is -2.45. The third-order valence-corrected chi connectivity index (χ3v) is 3.13. The van der Waals surface area contributed by atoms with Crippen LogP contribution in [0.2, 0.25) is 0 Å². The first-order valence-electron chi connectivity index (χ1n) is 6.71. The van der Waals surface area contributed by atoms with Crippen LogP contribution in [-0.4, -0.2) is 73.7 Å². The molecule has 0 atom stereocenters. The molecule has 0 amide bonds. The van der Waals surface area contributed by atoms with E-state index in [0.29, 0.717) is 11.9 Å². The molecule has 0 unspecified atom stereocenters. The smallest absolute Gasteiger partial charge is 0.232 e. The minimum atomic E-state index is 0.648. The summed E-state index contributed by atoms with van der Waals surface area (Å²) in [6.07, 6.45) is 0. The van der Waals surface area contributed by atoms with E-state index in [-0.39, 0.29) is 0 Å². The van der Waals surface area contributed by atoms with Crippen molar-refractivity contribution < 1.29 is 0 Å². The van der Waals surface area contributed by atoms with E-state index in [4.69, 9.17) is 0 Å². The monoisotopic (exact) mass is 265 g/mol. The van der Waals surface area contributed by atoms with Gasteiger partial charge in [0.2, 0.25) is 17.8 Å². The van der Waals surface area contributed by atoms with Gasteiger partial charge in [0.25, 0.3) is 0 Å². The molecule has 2 heterocycles. The fourth-order valence-electron chi connectivity index (χ4n) is 1.94.